The summed E-state index contributed by atoms with van der Waals surface area (Å²) >= 11 is 3.09. The van der Waals surface area contributed by atoms with Gasteiger partial charge in [-0.25, -0.2) is 4.98 Å². The predicted molar refractivity (Wildman–Crippen MR) is 86.6 cm³/mol. The Morgan fingerprint density at radius 3 is 2.70 bits per heavy atom. The van der Waals surface area contributed by atoms with Gasteiger partial charge in [0.25, 0.3) is 5.91 Å². The molecule has 0 fully saturated rings. The molecule has 2 aromatic rings. The van der Waals surface area contributed by atoms with Gasteiger partial charge in [0.05, 0.1) is 6.54 Å². The Morgan fingerprint density at radius 2 is 2.20 bits per heavy atom. The van der Waals surface area contributed by atoms with E-state index in [1.807, 2.05) is 36.3 Å². The molecule has 2 heterocycles. The molecular weight excluding hydrogens is 314 g/mol. The Morgan fingerprint density at radius 1 is 1.45 bits per heavy atom. The van der Waals surface area contributed by atoms with Gasteiger partial charge in [0.2, 0.25) is 0 Å². The van der Waals surface area contributed by atoms with E-state index in [1.165, 1.54) is 16.2 Å². The van der Waals surface area contributed by atoms with Gasteiger partial charge < -0.3 is 10.6 Å². The number of nitrogens with zero attached hydrogens (tertiary/aromatic N) is 2. The second kappa shape index (κ2) is 7.73. The Labute approximate surface area is 133 Å². The fourth-order valence-electron chi connectivity index (χ4n) is 1.71. The summed E-state index contributed by atoms with van der Waals surface area (Å²) in [5.41, 5.74) is 6.03. The summed E-state index contributed by atoms with van der Waals surface area (Å²) in [6.07, 6.45) is 0. The number of carbonyl (C=O) groups is 1. The van der Waals surface area contributed by atoms with Gasteiger partial charge in [-0.2, -0.15) is 0 Å². The zero-order valence-corrected chi connectivity index (χ0v) is 13.9. The van der Waals surface area contributed by atoms with Crippen molar-refractivity contribution >= 4 is 41.0 Å². The summed E-state index contributed by atoms with van der Waals surface area (Å²) in [5.74, 6) is -0.0284. The number of aromatic nitrogens is 1. The average Bonchev–Trinajstić information content (AvgIpc) is 3.05. The van der Waals surface area contributed by atoms with Crippen LogP contribution in [0.15, 0.2) is 22.9 Å². The Bertz CT molecular complexity index is 540. The van der Waals surface area contributed by atoms with Crippen molar-refractivity contribution in [3.8, 4) is 0 Å². The van der Waals surface area contributed by atoms with Crippen molar-refractivity contribution in [3.63, 3.8) is 0 Å². The van der Waals surface area contributed by atoms with Gasteiger partial charge in [0.15, 0.2) is 0 Å². The van der Waals surface area contributed by atoms with E-state index in [0.29, 0.717) is 18.8 Å². The second-order valence-electron chi connectivity index (χ2n) is 4.44. The molecule has 1 amide bonds. The van der Waals surface area contributed by atoms with Crippen LogP contribution in [0.3, 0.4) is 0 Å². The van der Waals surface area contributed by atoms with Gasteiger partial charge in [-0.05, 0) is 25.3 Å². The minimum absolute atomic E-state index is 0. The Hall–Kier alpha value is -0.950. The van der Waals surface area contributed by atoms with Crippen LogP contribution in [0.1, 0.15) is 34.2 Å². The van der Waals surface area contributed by atoms with Crippen molar-refractivity contribution < 1.29 is 4.79 Å². The number of amides is 1. The van der Waals surface area contributed by atoms with Crippen LogP contribution in [0.2, 0.25) is 0 Å². The number of thiazole rings is 1. The number of thiophene rings is 1. The van der Waals surface area contributed by atoms with Crippen molar-refractivity contribution in [3.05, 3.63) is 38.5 Å². The third-order valence-corrected chi connectivity index (χ3v) is 4.47. The summed E-state index contributed by atoms with van der Waals surface area (Å²) in [4.78, 5) is 19.8. The topological polar surface area (TPSA) is 59.2 Å². The molecule has 20 heavy (non-hydrogen) atoms. The molecule has 0 saturated carbocycles. The van der Waals surface area contributed by atoms with Crippen molar-refractivity contribution in [2.75, 3.05) is 0 Å². The van der Waals surface area contributed by atoms with Crippen molar-refractivity contribution in [2.24, 2.45) is 5.73 Å². The molecule has 0 saturated heterocycles. The van der Waals surface area contributed by atoms with E-state index in [9.17, 15) is 4.79 Å². The molecule has 0 aliphatic rings. The zero-order valence-electron chi connectivity index (χ0n) is 11.4. The lowest BCUT2D eigenvalue weighted by Gasteiger charge is -2.25. The Balaban J connectivity index is 0.00000200. The number of hydrogen-bond acceptors (Lipinski definition) is 5. The fraction of sp³-hybridized carbons (Fsp3) is 0.385. The highest BCUT2D eigenvalue weighted by atomic mass is 35.5. The van der Waals surface area contributed by atoms with Crippen LogP contribution in [0.5, 0.6) is 0 Å². The van der Waals surface area contributed by atoms with Crippen LogP contribution in [0.25, 0.3) is 0 Å². The molecular formula is C13H18ClN3OS2. The van der Waals surface area contributed by atoms with Crippen LogP contribution in [0.4, 0.5) is 0 Å². The predicted octanol–water partition coefficient (Wildman–Crippen LogP) is 3.14. The van der Waals surface area contributed by atoms with E-state index in [2.05, 4.69) is 4.98 Å². The molecule has 0 spiro atoms. The molecule has 2 N–H and O–H groups in total. The van der Waals surface area contributed by atoms with Crippen LogP contribution in [0, 0.1) is 0 Å². The van der Waals surface area contributed by atoms with E-state index >= 15 is 0 Å². The molecule has 0 aliphatic heterocycles. The largest absolute Gasteiger partial charge is 0.330 e. The van der Waals surface area contributed by atoms with E-state index in [4.69, 9.17) is 5.73 Å². The van der Waals surface area contributed by atoms with Crippen LogP contribution in [-0.4, -0.2) is 21.8 Å². The number of carbonyl (C=O) groups excluding carboxylic acids is 1. The zero-order chi connectivity index (χ0) is 13.8. The van der Waals surface area contributed by atoms with Crippen LogP contribution < -0.4 is 5.73 Å². The number of hydrogen-bond donors (Lipinski definition) is 1. The van der Waals surface area contributed by atoms with Gasteiger partial charge in [0.1, 0.15) is 10.7 Å². The highest BCUT2D eigenvalue weighted by molar-refractivity contribution is 7.10. The van der Waals surface area contributed by atoms with Crippen molar-refractivity contribution in [2.45, 2.75) is 33.0 Å². The van der Waals surface area contributed by atoms with Gasteiger partial charge >= 0.3 is 0 Å². The summed E-state index contributed by atoms with van der Waals surface area (Å²) in [6, 6.07) is 4.18. The van der Waals surface area contributed by atoms with E-state index in [0.717, 1.165) is 5.01 Å². The van der Waals surface area contributed by atoms with Crippen LogP contribution in [-0.2, 0) is 13.1 Å². The SMILES string of the molecule is CC(C)N(Cc1cccs1)C(=O)c1csc(CN)n1.Cl. The Kier molecular flexibility index (Phi) is 6.61. The van der Waals surface area contributed by atoms with Gasteiger partial charge in [0, 0.05) is 22.8 Å². The van der Waals surface area contributed by atoms with Crippen molar-refractivity contribution in [1.29, 1.82) is 0 Å². The normalized spacial score (nSPS) is 10.4. The lowest BCUT2D eigenvalue weighted by Crippen LogP contribution is -2.36. The molecule has 110 valence electrons. The van der Waals surface area contributed by atoms with Gasteiger partial charge in [-0.15, -0.1) is 35.1 Å². The quantitative estimate of drug-likeness (QED) is 0.915. The molecule has 0 radical (unpaired) electrons. The molecule has 0 unspecified atom stereocenters. The number of halogens is 1. The van der Waals surface area contributed by atoms with Gasteiger partial charge in [-0.3, -0.25) is 4.79 Å². The highest BCUT2D eigenvalue weighted by Gasteiger charge is 2.21. The van der Waals surface area contributed by atoms with E-state index in [1.54, 1.807) is 16.7 Å². The lowest BCUT2D eigenvalue weighted by atomic mass is 10.2. The first-order valence-corrected chi connectivity index (χ1v) is 7.85. The summed E-state index contributed by atoms with van der Waals surface area (Å²) in [5, 5.41) is 4.60. The standard InChI is InChI=1S/C13H17N3OS2.ClH/c1-9(2)16(7-10-4-3-5-18-10)13(17)11-8-19-12(6-14)15-11;/h3-5,8-9H,6-7,14H2,1-2H3;1H. The summed E-state index contributed by atoms with van der Waals surface area (Å²) in [6.45, 7) is 5.04. The fourth-order valence-corrected chi connectivity index (χ4v) is 3.06. The maximum Gasteiger partial charge on any atom is 0.273 e. The van der Waals surface area contributed by atoms with Crippen LogP contribution >= 0.6 is 35.1 Å². The second-order valence-corrected chi connectivity index (χ2v) is 6.41. The molecule has 4 nitrogen and oxygen atoms in total. The molecule has 2 aromatic heterocycles. The molecule has 0 aromatic carbocycles. The average molecular weight is 332 g/mol. The number of rotatable bonds is 5. The smallest absolute Gasteiger partial charge is 0.273 e. The maximum atomic E-state index is 12.5. The van der Waals surface area contributed by atoms with E-state index < -0.39 is 0 Å². The monoisotopic (exact) mass is 331 g/mol. The first kappa shape index (κ1) is 17.1. The molecule has 0 atom stereocenters. The minimum Gasteiger partial charge on any atom is -0.330 e. The third-order valence-electron chi connectivity index (χ3n) is 2.74. The van der Waals surface area contributed by atoms with E-state index in [-0.39, 0.29) is 24.4 Å². The van der Waals surface area contributed by atoms with Gasteiger partial charge in [-0.1, -0.05) is 6.07 Å². The minimum atomic E-state index is -0.0284. The first-order chi connectivity index (χ1) is 9.11. The number of nitrogens with two attached hydrogens (primary N) is 1. The molecule has 0 bridgehead atoms. The summed E-state index contributed by atoms with van der Waals surface area (Å²) in [7, 11) is 0. The molecule has 0 aliphatic carbocycles. The molecule has 2 rings (SSSR count). The third kappa shape index (κ3) is 4.02. The van der Waals surface area contributed by atoms with Crippen molar-refractivity contribution in [1.82, 2.24) is 9.88 Å². The molecule has 7 heteroatoms. The highest BCUT2D eigenvalue weighted by Crippen LogP contribution is 2.18. The first-order valence-electron chi connectivity index (χ1n) is 6.09. The maximum absolute atomic E-state index is 12.5. The lowest BCUT2D eigenvalue weighted by molar-refractivity contribution is 0.0687. The summed E-state index contributed by atoms with van der Waals surface area (Å²) < 4.78 is 0.